The number of hydrogen-bond donors (Lipinski definition) is 2. The van der Waals surface area contributed by atoms with E-state index in [0.717, 1.165) is 30.0 Å². The lowest BCUT2D eigenvalue weighted by molar-refractivity contribution is -0.0744. The number of aryl methyl sites for hydroxylation is 3. The third-order valence-electron chi connectivity index (χ3n) is 7.41. The molecule has 0 radical (unpaired) electrons. The van der Waals surface area contributed by atoms with Crippen molar-refractivity contribution in [3.05, 3.63) is 58.7 Å². The maximum absolute atomic E-state index is 11.4. The van der Waals surface area contributed by atoms with E-state index in [4.69, 9.17) is 9.47 Å². The van der Waals surface area contributed by atoms with Gasteiger partial charge in [0.15, 0.2) is 0 Å². The van der Waals surface area contributed by atoms with Crippen molar-refractivity contribution in [2.24, 2.45) is 0 Å². The van der Waals surface area contributed by atoms with Gasteiger partial charge in [-0.3, -0.25) is 4.90 Å². The predicted molar refractivity (Wildman–Crippen MR) is 136 cm³/mol. The lowest BCUT2D eigenvalue weighted by Crippen LogP contribution is -2.55. The van der Waals surface area contributed by atoms with Gasteiger partial charge in [-0.25, -0.2) is 0 Å². The maximum atomic E-state index is 11.4. The van der Waals surface area contributed by atoms with Crippen molar-refractivity contribution in [2.45, 2.75) is 51.7 Å². The summed E-state index contributed by atoms with van der Waals surface area (Å²) in [5.74, 6) is 0.839. The van der Waals surface area contributed by atoms with E-state index in [0.29, 0.717) is 39.1 Å². The number of anilines is 1. The van der Waals surface area contributed by atoms with Crippen molar-refractivity contribution in [2.75, 3.05) is 57.4 Å². The molecule has 0 aromatic heterocycles. The first-order chi connectivity index (χ1) is 16.2. The first-order valence-corrected chi connectivity index (χ1v) is 12.4. The number of benzene rings is 2. The van der Waals surface area contributed by atoms with E-state index in [-0.39, 0.29) is 13.2 Å². The summed E-state index contributed by atoms with van der Waals surface area (Å²) in [5.41, 5.74) is 3.91. The van der Waals surface area contributed by atoms with Gasteiger partial charge in [0.05, 0.1) is 18.8 Å². The van der Waals surface area contributed by atoms with Crippen LogP contribution in [0, 0.1) is 27.7 Å². The Hall–Kier alpha value is -2.12. The summed E-state index contributed by atoms with van der Waals surface area (Å²) in [6.45, 7) is 12.5. The minimum atomic E-state index is -1.13. The summed E-state index contributed by atoms with van der Waals surface area (Å²) in [5, 5.41) is 22.8. The Morgan fingerprint density at radius 1 is 0.882 bits per heavy atom. The second kappa shape index (κ2) is 10.2. The van der Waals surface area contributed by atoms with Crippen molar-refractivity contribution >= 4 is 5.69 Å². The van der Waals surface area contributed by atoms with E-state index in [1.54, 1.807) is 0 Å². The topological polar surface area (TPSA) is 65.4 Å². The zero-order valence-electron chi connectivity index (χ0n) is 21.1. The molecular formula is C28H40N2O4. The molecule has 2 saturated heterocycles. The van der Waals surface area contributed by atoms with Crippen LogP contribution in [0.2, 0.25) is 0 Å². The highest BCUT2D eigenvalue weighted by Crippen LogP contribution is 2.30. The number of aliphatic hydroxyl groups is 2. The SMILES string of the molecule is Cc1ccc(N2CCC(O)(CN3CCOC[C@@](O)(COc4c(C)ccc(C)c4C)C3)CC2)cc1. The second-order valence-corrected chi connectivity index (χ2v) is 10.5. The predicted octanol–water partition coefficient (Wildman–Crippen LogP) is 3.39. The fourth-order valence-electron chi connectivity index (χ4n) is 5.08. The number of nitrogens with zero attached hydrogens (tertiary/aromatic N) is 2. The minimum Gasteiger partial charge on any atom is -0.490 e. The zero-order valence-corrected chi connectivity index (χ0v) is 21.1. The summed E-state index contributed by atoms with van der Waals surface area (Å²) >= 11 is 0. The fourth-order valence-corrected chi connectivity index (χ4v) is 5.08. The Morgan fingerprint density at radius 3 is 2.26 bits per heavy atom. The Labute approximate surface area is 204 Å². The number of hydrogen-bond acceptors (Lipinski definition) is 6. The zero-order chi connectivity index (χ0) is 24.3. The number of ether oxygens (including phenoxy) is 2. The summed E-state index contributed by atoms with van der Waals surface area (Å²) in [6.07, 6.45) is 1.41. The van der Waals surface area contributed by atoms with E-state index in [9.17, 15) is 10.2 Å². The molecule has 186 valence electrons. The Balaban J connectivity index is 1.36. The van der Waals surface area contributed by atoms with Crippen LogP contribution >= 0.6 is 0 Å². The quantitative estimate of drug-likeness (QED) is 0.678. The van der Waals surface area contributed by atoms with E-state index >= 15 is 0 Å². The third kappa shape index (κ3) is 5.92. The monoisotopic (exact) mass is 468 g/mol. The van der Waals surface area contributed by atoms with Gasteiger partial charge in [0.2, 0.25) is 0 Å². The first kappa shape index (κ1) is 25.0. The molecule has 0 unspecified atom stereocenters. The fraction of sp³-hybridized carbons (Fsp3) is 0.571. The van der Waals surface area contributed by atoms with Crippen LogP contribution in [0.5, 0.6) is 5.75 Å². The number of piperidine rings is 1. The van der Waals surface area contributed by atoms with Crippen LogP contribution in [-0.4, -0.2) is 78.9 Å². The molecule has 2 aromatic rings. The molecule has 0 saturated carbocycles. The lowest BCUT2D eigenvalue weighted by Gasteiger charge is -2.42. The Kier molecular flexibility index (Phi) is 7.53. The van der Waals surface area contributed by atoms with E-state index in [1.807, 2.05) is 6.92 Å². The molecular weight excluding hydrogens is 428 g/mol. The van der Waals surface area contributed by atoms with Gasteiger partial charge in [-0.1, -0.05) is 29.8 Å². The summed E-state index contributed by atoms with van der Waals surface area (Å²) in [7, 11) is 0. The van der Waals surface area contributed by atoms with Gasteiger partial charge in [-0.2, -0.15) is 0 Å². The van der Waals surface area contributed by atoms with Crippen LogP contribution in [0.15, 0.2) is 36.4 Å². The summed E-state index contributed by atoms with van der Waals surface area (Å²) in [4.78, 5) is 4.49. The smallest absolute Gasteiger partial charge is 0.134 e. The molecule has 4 rings (SSSR count). The van der Waals surface area contributed by atoms with Crippen LogP contribution in [0.1, 0.15) is 35.1 Å². The molecule has 0 bridgehead atoms. The number of β-amino-alcohol motifs (C(OH)–C–C–N with tert-alkyl or cyclic N) is 2. The highest BCUT2D eigenvalue weighted by atomic mass is 16.5. The maximum Gasteiger partial charge on any atom is 0.134 e. The van der Waals surface area contributed by atoms with Crippen molar-refractivity contribution in [1.82, 2.24) is 4.90 Å². The number of rotatable bonds is 6. The molecule has 0 amide bonds. The van der Waals surface area contributed by atoms with Crippen LogP contribution in [0.3, 0.4) is 0 Å². The Morgan fingerprint density at radius 2 is 1.56 bits per heavy atom. The molecule has 2 N–H and O–H groups in total. The van der Waals surface area contributed by atoms with Gasteiger partial charge in [-0.05, 0) is 69.4 Å². The standard InChI is InChI=1S/C28H40N2O4/c1-21-5-9-25(10-6-21)30-13-11-27(31,12-14-30)17-29-15-16-33-19-28(32,18-29)20-34-26-23(3)8-7-22(2)24(26)4/h5-10,31-32H,11-20H2,1-4H3/t28-/m1/s1. The van der Waals surface area contributed by atoms with Gasteiger partial charge in [0.25, 0.3) is 0 Å². The average Bonchev–Trinajstić information content (AvgIpc) is 2.98. The van der Waals surface area contributed by atoms with Crippen molar-refractivity contribution in [3.8, 4) is 5.75 Å². The molecule has 2 aromatic carbocycles. The van der Waals surface area contributed by atoms with Gasteiger partial charge in [-0.15, -0.1) is 0 Å². The lowest BCUT2D eigenvalue weighted by atomic mass is 9.90. The van der Waals surface area contributed by atoms with Crippen molar-refractivity contribution < 1.29 is 19.7 Å². The third-order valence-corrected chi connectivity index (χ3v) is 7.41. The van der Waals surface area contributed by atoms with Crippen LogP contribution in [0.25, 0.3) is 0 Å². The van der Waals surface area contributed by atoms with Crippen molar-refractivity contribution in [1.29, 1.82) is 0 Å². The molecule has 1 atom stereocenters. The first-order valence-electron chi connectivity index (χ1n) is 12.4. The van der Waals surface area contributed by atoms with Crippen LogP contribution in [0.4, 0.5) is 5.69 Å². The Bertz CT molecular complexity index is 969. The molecule has 6 heteroatoms. The van der Waals surface area contributed by atoms with Gasteiger partial charge < -0.3 is 24.6 Å². The molecule has 6 nitrogen and oxygen atoms in total. The van der Waals surface area contributed by atoms with Gasteiger partial charge >= 0.3 is 0 Å². The summed E-state index contributed by atoms with van der Waals surface area (Å²) < 4.78 is 11.9. The van der Waals surface area contributed by atoms with Gasteiger partial charge in [0, 0.05) is 38.4 Å². The minimum absolute atomic E-state index is 0.161. The van der Waals surface area contributed by atoms with Gasteiger partial charge in [0.1, 0.15) is 18.0 Å². The van der Waals surface area contributed by atoms with E-state index in [1.165, 1.54) is 16.8 Å². The highest BCUT2D eigenvalue weighted by molar-refractivity contribution is 5.48. The second-order valence-electron chi connectivity index (χ2n) is 10.5. The highest BCUT2D eigenvalue weighted by Gasteiger charge is 2.39. The molecule has 2 heterocycles. The van der Waals surface area contributed by atoms with Crippen molar-refractivity contribution in [3.63, 3.8) is 0 Å². The van der Waals surface area contributed by atoms with E-state index < -0.39 is 11.2 Å². The van der Waals surface area contributed by atoms with Crippen LogP contribution in [-0.2, 0) is 4.74 Å². The molecule has 34 heavy (non-hydrogen) atoms. The van der Waals surface area contributed by atoms with Crippen LogP contribution < -0.4 is 9.64 Å². The normalized spacial score (nSPS) is 23.5. The molecule has 2 fully saturated rings. The van der Waals surface area contributed by atoms with E-state index in [2.05, 4.69) is 67.0 Å². The molecule has 0 spiro atoms. The summed E-state index contributed by atoms with van der Waals surface area (Å²) in [6, 6.07) is 12.7. The molecule has 2 aliphatic heterocycles. The molecule has 0 aliphatic carbocycles. The largest absolute Gasteiger partial charge is 0.490 e. The average molecular weight is 469 g/mol. The molecule has 2 aliphatic rings.